The molecule has 0 unspecified atom stereocenters. The zero-order valence-electron chi connectivity index (χ0n) is 11.5. The van der Waals surface area contributed by atoms with Crippen molar-refractivity contribution >= 4 is 44.2 Å². The molecular formula is C12H16Br2O8. The molecule has 126 valence electrons. The first-order valence-electron chi connectivity index (χ1n) is 5.89. The molecular weight excluding hydrogens is 432 g/mol. The molecule has 0 atom stereocenters. The van der Waals surface area contributed by atoms with E-state index in [1.807, 2.05) is 0 Å². The second kappa shape index (κ2) is 10.6. The van der Waals surface area contributed by atoms with Crippen molar-refractivity contribution in [3.05, 3.63) is 22.1 Å². The van der Waals surface area contributed by atoms with Gasteiger partial charge in [0.1, 0.15) is 13.2 Å². The predicted molar refractivity (Wildman–Crippen MR) is 82.3 cm³/mol. The van der Waals surface area contributed by atoms with Crippen molar-refractivity contribution in [1.82, 2.24) is 0 Å². The van der Waals surface area contributed by atoms with E-state index in [-0.39, 0.29) is 26.2 Å². The summed E-state index contributed by atoms with van der Waals surface area (Å²) in [6.07, 6.45) is -2.59. The predicted octanol–water partition coefficient (Wildman–Crippen LogP) is 2.53. The third-order valence-electron chi connectivity index (χ3n) is 1.81. The highest BCUT2D eigenvalue weighted by molar-refractivity contribution is 9.12. The molecule has 0 fully saturated rings. The molecule has 0 aliphatic carbocycles. The van der Waals surface area contributed by atoms with Crippen LogP contribution < -0.4 is 0 Å². The van der Waals surface area contributed by atoms with E-state index in [1.165, 1.54) is 0 Å². The van der Waals surface area contributed by atoms with Gasteiger partial charge in [0.05, 0.1) is 6.61 Å². The number of aliphatic hydroxyl groups is 2. The Labute approximate surface area is 143 Å². The number of rotatable bonds is 9. The average Bonchev–Trinajstić information content (AvgIpc) is 2.38. The molecule has 0 aromatic heterocycles. The Bertz CT molecular complexity index is 421. The lowest BCUT2D eigenvalue weighted by Crippen LogP contribution is -2.35. The van der Waals surface area contributed by atoms with Gasteiger partial charge < -0.3 is 29.2 Å². The van der Waals surface area contributed by atoms with Crippen LogP contribution in [0.1, 0.15) is 12.8 Å². The lowest BCUT2D eigenvalue weighted by atomic mass is 10.3. The van der Waals surface area contributed by atoms with Gasteiger partial charge in [0.15, 0.2) is 0 Å². The molecule has 0 aliphatic heterocycles. The van der Waals surface area contributed by atoms with Crippen molar-refractivity contribution in [2.75, 3.05) is 19.8 Å². The minimum absolute atomic E-state index is 0.00971. The molecule has 0 saturated heterocycles. The van der Waals surface area contributed by atoms with Crippen LogP contribution in [0.25, 0.3) is 0 Å². The fourth-order valence-corrected chi connectivity index (χ4v) is 1.22. The van der Waals surface area contributed by atoms with Gasteiger partial charge in [0.25, 0.3) is 0 Å². The summed E-state index contributed by atoms with van der Waals surface area (Å²) in [5.41, 5.74) is 0. The summed E-state index contributed by atoms with van der Waals surface area (Å²) in [6, 6.07) is 0. The number of ether oxygens (including phenoxy) is 4. The van der Waals surface area contributed by atoms with Crippen molar-refractivity contribution in [2.24, 2.45) is 0 Å². The molecule has 10 heteroatoms. The van der Waals surface area contributed by atoms with Gasteiger partial charge in [-0.3, -0.25) is 0 Å². The third-order valence-corrected chi connectivity index (χ3v) is 2.26. The largest absolute Gasteiger partial charge is 0.512 e. The second-order valence-corrected chi connectivity index (χ2v) is 6.15. The maximum Gasteiger partial charge on any atom is 0.512 e. The van der Waals surface area contributed by atoms with E-state index >= 15 is 0 Å². The lowest BCUT2D eigenvalue weighted by molar-refractivity contribution is -0.317. The highest BCUT2D eigenvalue weighted by Gasteiger charge is 2.29. The van der Waals surface area contributed by atoms with Gasteiger partial charge in [-0.15, -0.1) is 0 Å². The number of halogens is 2. The van der Waals surface area contributed by atoms with Crippen LogP contribution in [-0.2, 0) is 18.9 Å². The van der Waals surface area contributed by atoms with Gasteiger partial charge in [-0.1, -0.05) is 45.0 Å². The number of hydrogen-bond acceptors (Lipinski definition) is 8. The van der Waals surface area contributed by atoms with Crippen molar-refractivity contribution < 1.29 is 38.7 Å². The van der Waals surface area contributed by atoms with E-state index in [0.717, 1.165) is 0 Å². The van der Waals surface area contributed by atoms with Gasteiger partial charge >= 0.3 is 18.3 Å². The fraction of sp³-hybridized carbons (Fsp3) is 0.500. The molecule has 0 radical (unpaired) electrons. The van der Waals surface area contributed by atoms with Gasteiger partial charge in [-0.05, 0) is 6.42 Å². The van der Waals surface area contributed by atoms with E-state index < -0.39 is 24.7 Å². The summed E-state index contributed by atoms with van der Waals surface area (Å²) < 4.78 is 18.8. The smallest absolute Gasteiger partial charge is 0.434 e. The summed E-state index contributed by atoms with van der Waals surface area (Å²) in [6.45, 7) is 6.49. The standard InChI is InChI=1S/C12H16Br2O8/c1-8(13)6-20-10(15)19-5-3-4-12(17,18)22-11(16)21-7-9(2)14/h17-18H,1-7H2. The Morgan fingerprint density at radius 2 is 1.45 bits per heavy atom. The lowest BCUT2D eigenvalue weighted by Gasteiger charge is -2.20. The molecule has 0 saturated carbocycles. The SMILES string of the molecule is C=C(Br)COC(=O)OCCCC(O)(O)OC(=O)OCC(=C)Br. The topological polar surface area (TPSA) is 112 Å². The summed E-state index contributed by atoms with van der Waals surface area (Å²) in [5, 5.41) is 18.8. The van der Waals surface area contributed by atoms with Crippen molar-refractivity contribution in [1.29, 1.82) is 0 Å². The van der Waals surface area contributed by atoms with Gasteiger partial charge in [0, 0.05) is 15.4 Å². The average molecular weight is 448 g/mol. The second-order valence-electron chi connectivity index (χ2n) is 3.91. The Kier molecular flexibility index (Phi) is 10.1. The van der Waals surface area contributed by atoms with Crippen LogP contribution >= 0.6 is 31.9 Å². The first-order valence-corrected chi connectivity index (χ1v) is 7.47. The maximum atomic E-state index is 11.1. The Balaban J connectivity index is 3.87. The van der Waals surface area contributed by atoms with Crippen LogP contribution in [0, 0.1) is 0 Å². The van der Waals surface area contributed by atoms with Crippen LogP contribution in [0.4, 0.5) is 9.59 Å². The van der Waals surface area contributed by atoms with E-state index in [2.05, 4.69) is 64.0 Å². The summed E-state index contributed by atoms with van der Waals surface area (Å²) in [5.74, 6) is -2.73. The molecule has 2 N–H and O–H groups in total. The van der Waals surface area contributed by atoms with Crippen molar-refractivity contribution in [2.45, 2.75) is 18.8 Å². The molecule has 0 aromatic rings. The zero-order valence-corrected chi connectivity index (χ0v) is 14.7. The molecule has 0 aliphatic rings. The first-order chi connectivity index (χ1) is 10.1. The molecule has 0 aromatic carbocycles. The molecule has 0 bridgehead atoms. The molecule has 0 heterocycles. The number of hydrogen-bond donors (Lipinski definition) is 2. The summed E-state index contributed by atoms with van der Waals surface area (Å²) >= 11 is 5.94. The highest BCUT2D eigenvalue weighted by atomic mass is 79.9. The molecule has 22 heavy (non-hydrogen) atoms. The summed E-state index contributed by atoms with van der Waals surface area (Å²) in [4.78, 5) is 22.2. The monoisotopic (exact) mass is 446 g/mol. The molecule has 0 spiro atoms. The van der Waals surface area contributed by atoms with E-state index in [4.69, 9.17) is 0 Å². The summed E-state index contributed by atoms with van der Waals surface area (Å²) in [7, 11) is 0. The zero-order chi connectivity index (χ0) is 17.2. The molecule has 0 amide bonds. The van der Waals surface area contributed by atoms with Gasteiger partial charge in [-0.25, -0.2) is 9.59 Å². The van der Waals surface area contributed by atoms with Crippen LogP contribution in [0.15, 0.2) is 22.1 Å². The van der Waals surface area contributed by atoms with Gasteiger partial charge in [-0.2, -0.15) is 0 Å². The maximum absolute atomic E-state index is 11.1. The van der Waals surface area contributed by atoms with E-state index in [1.54, 1.807) is 0 Å². The third kappa shape index (κ3) is 12.6. The minimum atomic E-state index is -2.73. The van der Waals surface area contributed by atoms with Crippen molar-refractivity contribution in [3.8, 4) is 0 Å². The van der Waals surface area contributed by atoms with Crippen LogP contribution in [0.2, 0.25) is 0 Å². The molecule has 8 nitrogen and oxygen atoms in total. The van der Waals surface area contributed by atoms with Crippen LogP contribution in [0.5, 0.6) is 0 Å². The highest BCUT2D eigenvalue weighted by Crippen LogP contribution is 2.13. The number of carbonyl (C=O) groups is 2. The Morgan fingerprint density at radius 3 is 1.95 bits per heavy atom. The Hall–Kier alpha value is -1.10. The fourth-order valence-electron chi connectivity index (χ4n) is 0.988. The Morgan fingerprint density at radius 1 is 0.955 bits per heavy atom. The van der Waals surface area contributed by atoms with Crippen LogP contribution in [0.3, 0.4) is 0 Å². The van der Waals surface area contributed by atoms with E-state index in [0.29, 0.717) is 8.96 Å². The van der Waals surface area contributed by atoms with Crippen LogP contribution in [-0.4, -0.2) is 48.3 Å². The molecule has 0 rings (SSSR count). The van der Waals surface area contributed by atoms with E-state index in [9.17, 15) is 19.8 Å². The number of carbonyl (C=O) groups excluding carboxylic acids is 2. The quantitative estimate of drug-likeness (QED) is 0.315. The normalized spacial score (nSPS) is 10.5. The first kappa shape index (κ1) is 20.9. The minimum Gasteiger partial charge on any atom is -0.434 e. The van der Waals surface area contributed by atoms with Crippen molar-refractivity contribution in [3.63, 3.8) is 0 Å². The van der Waals surface area contributed by atoms with Gasteiger partial charge in [0.2, 0.25) is 0 Å².